The number of H-pyrrole nitrogens is 1. The molecule has 118 valence electrons. The Morgan fingerprint density at radius 3 is 2.78 bits per heavy atom. The quantitative estimate of drug-likeness (QED) is 0.647. The molecule has 0 saturated carbocycles. The largest absolute Gasteiger partial charge is 0.496 e. The van der Waals surface area contributed by atoms with Gasteiger partial charge in [0.2, 0.25) is 0 Å². The number of aromatic nitrogens is 1. The van der Waals surface area contributed by atoms with E-state index in [1.165, 1.54) is 37.6 Å². The van der Waals surface area contributed by atoms with Crippen LogP contribution in [-0.4, -0.2) is 22.9 Å². The lowest BCUT2D eigenvalue weighted by Gasteiger charge is -2.16. The first kappa shape index (κ1) is 16.0. The summed E-state index contributed by atoms with van der Waals surface area (Å²) in [6.45, 7) is 1.69. The molecule has 0 spiro atoms. The third-order valence-electron chi connectivity index (χ3n) is 3.29. The van der Waals surface area contributed by atoms with Gasteiger partial charge in [0.25, 0.3) is 11.6 Å². The van der Waals surface area contributed by atoms with Crippen LogP contribution in [0.25, 0.3) is 0 Å². The van der Waals surface area contributed by atoms with E-state index in [9.17, 15) is 14.9 Å². The summed E-state index contributed by atoms with van der Waals surface area (Å²) < 4.78 is 5.19. The van der Waals surface area contributed by atoms with Crippen LogP contribution in [0.1, 0.15) is 34.6 Å². The van der Waals surface area contributed by atoms with Gasteiger partial charge in [-0.15, -0.1) is 0 Å². The fourth-order valence-electron chi connectivity index (χ4n) is 2.12. The molecule has 2 rings (SSSR count). The third kappa shape index (κ3) is 3.47. The predicted octanol–water partition coefficient (Wildman–Crippen LogP) is 2.29. The second-order valence-corrected chi connectivity index (χ2v) is 4.79. The number of ether oxygens (including phenoxy) is 1. The molecule has 1 amide bonds. The first-order valence-corrected chi connectivity index (χ1v) is 6.68. The topological polar surface area (TPSA) is 121 Å². The second-order valence-electron chi connectivity index (χ2n) is 4.79. The molecule has 8 heteroatoms. The van der Waals surface area contributed by atoms with Crippen LogP contribution in [0.5, 0.6) is 5.75 Å². The van der Waals surface area contributed by atoms with E-state index < -0.39 is 16.9 Å². The average Bonchev–Trinajstić information content (AvgIpc) is 3.03. The summed E-state index contributed by atoms with van der Waals surface area (Å²) >= 11 is 0. The van der Waals surface area contributed by atoms with Gasteiger partial charge in [0.15, 0.2) is 0 Å². The minimum Gasteiger partial charge on any atom is -0.496 e. The molecule has 0 aliphatic rings. The number of carbonyl (C=O) groups is 1. The molecule has 0 aliphatic carbocycles. The number of nitro benzene ring substituents is 1. The third-order valence-corrected chi connectivity index (χ3v) is 3.29. The number of hydrogen-bond acceptors (Lipinski definition) is 5. The molecule has 1 aromatic carbocycles. The molecule has 0 bridgehead atoms. The van der Waals surface area contributed by atoms with Crippen LogP contribution in [0, 0.1) is 21.4 Å². The maximum absolute atomic E-state index is 12.1. The Morgan fingerprint density at radius 1 is 1.48 bits per heavy atom. The monoisotopic (exact) mass is 314 g/mol. The van der Waals surface area contributed by atoms with E-state index in [1.807, 2.05) is 6.07 Å². The average molecular weight is 314 g/mol. The van der Waals surface area contributed by atoms with Crippen molar-refractivity contribution in [3.05, 3.63) is 57.4 Å². The SMILES string of the molecule is COc1ccc([N+](=O)[O-])cc1C(C)NC(=O)c1cc(C#N)c[nH]1. The molecule has 2 aromatic rings. The van der Waals surface area contributed by atoms with Gasteiger partial charge in [-0.3, -0.25) is 14.9 Å². The highest BCUT2D eigenvalue weighted by atomic mass is 16.6. The van der Waals surface area contributed by atoms with Gasteiger partial charge in [-0.2, -0.15) is 5.26 Å². The number of aromatic amines is 1. The highest BCUT2D eigenvalue weighted by Gasteiger charge is 2.19. The molecule has 1 heterocycles. The Morgan fingerprint density at radius 2 is 2.22 bits per heavy atom. The van der Waals surface area contributed by atoms with Crippen molar-refractivity contribution < 1.29 is 14.5 Å². The van der Waals surface area contributed by atoms with Crippen LogP contribution in [0.3, 0.4) is 0 Å². The number of carbonyl (C=O) groups excluding carboxylic acids is 1. The van der Waals surface area contributed by atoms with E-state index in [1.54, 1.807) is 6.92 Å². The maximum atomic E-state index is 12.1. The number of nitro groups is 1. The lowest BCUT2D eigenvalue weighted by Crippen LogP contribution is -2.27. The zero-order valence-corrected chi connectivity index (χ0v) is 12.5. The number of rotatable bonds is 5. The van der Waals surface area contributed by atoms with Crippen molar-refractivity contribution in [2.24, 2.45) is 0 Å². The fourth-order valence-corrected chi connectivity index (χ4v) is 2.12. The number of nitrogens with one attached hydrogen (secondary N) is 2. The number of non-ortho nitro benzene ring substituents is 1. The van der Waals surface area contributed by atoms with E-state index in [0.29, 0.717) is 16.9 Å². The Balaban J connectivity index is 2.24. The smallest absolute Gasteiger partial charge is 0.270 e. The lowest BCUT2D eigenvalue weighted by atomic mass is 10.1. The van der Waals surface area contributed by atoms with Gasteiger partial charge in [0.1, 0.15) is 17.5 Å². The second kappa shape index (κ2) is 6.62. The Hall–Kier alpha value is -3.34. The molecular formula is C15H14N4O4. The summed E-state index contributed by atoms with van der Waals surface area (Å²) in [7, 11) is 1.45. The zero-order valence-electron chi connectivity index (χ0n) is 12.5. The highest BCUT2D eigenvalue weighted by Crippen LogP contribution is 2.29. The lowest BCUT2D eigenvalue weighted by molar-refractivity contribution is -0.385. The summed E-state index contributed by atoms with van der Waals surface area (Å²) in [6.07, 6.45) is 1.42. The summed E-state index contributed by atoms with van der Waals surface area (Å²) in [5, 5.41) is 22.4. The van der Waals surface area contributed by atoms with Crippen LogP contribution >= 0.6 is 0 Å². The summed E-state index contributed by atoms with van der Waals surface area (Å²) in [4.78, 5) is 25.2. The molecule has 0 fully saturated rings. The molecule has 1 aromatic heterocycles. The van der Waals surface area contributed by atoms with E-state index in [2.05, 4.69) is 10.3 Å². The van der Waals surface area contributed by atoms with Crippen molar-refractivity contribution >= 4 is 11.6 Å². The molecule has 1 unspecified atom stereocenters. The first-order chi connectivity index (χ1) is 11.0. The molecule has 23 heavy (non-hydrogen) atoms. The van der Waals surface area contributed by atoms with E-state index in [-0.39, 0.29) is 11.4 Å². The van der Waals surface area contributed by atoms with E-state index >= 15 is 0 Å². The Labute approximate surface area is 131 Å². The molecule has 1 atom stereocenters. The number of benzene rings is 1. The van der Waals surface area contributed by atoms with Crippen LogP contribution < -0.4 is 10.1 Å². The summed E-state index contributed by atoms with van der Waals surface area (Å²) in [6, 6.07) is 7.00. The first-order valence-electron chi connectivity index (χ1n) is 6.68. The number of nitriles is 1. The number of methoxy groups -OCH3 is 1. The number of nitrogens with zero attached hydrogens (tertiary/aromatic N) is 2. The molecule has 2 N–H and O–H groups in total. The maximum Gasteiger partial charge on any atom is 0.270 e. The molecular weight excluding hydrogens is 300 g/mol. The van der Waals surface area contributed by atoms with Crippen molar-refractivity contribution in [3.8, 4) is 11.8 Å². The summed E-state index contributed by atoms with van der Waals surface area (Å²) in [5.74, 6) is 0.0140. The molecule has 0 saturated heterocycles. The van der Waals surface area contributed by atoms with Gasteiger partial charge in [-0.1, -0.05) is 0 Å². The van der Waals surface area contributed by atoms with Crippen molar-refractivity contribution in [1.82, 2.24) is 10.3 Å². The highest BCUT2D eigenvalue weighted by molar-refractivity contribution is 5.93. The standard InChI is InChI=1S/C15H14N4O4/c1-9(18-15(20)13-5-10(7-16)8-17-13)12-6-11(19(21)22)3-4-14(12)23-2/h3-6,8-9,17H,1-2H3,(H,18,20). The minimum atomic E-state index is -0.522. The molecule has 0 radical (unpaired) electrons. The van der Waals surface area contributed by atoms with Crippen LogP contribution in [0.2, 0.25) is 0 Å². The number of hydrogen-bond donors (Lipinski definition) is 2. The van der Waals surface area contributed by atoms with E-state index in [0.717, 1.165) is 0 Å². The van der Waals surface area contributed by atoms with Gasteiger partial charge < -0.3 is 15.0 Å². The van der Waals surface area contributed by atoms with E-state index in [4.69, 9.17) is 10.00 Å². The van der Waals surface area contributed by atoms with Crippen molar-refractivity contribution in [2.45, 2.75) is 13.0 Å². The predicted molar refractivity (Wildman–Crippen MR) is 81.0 cm³/mol. The van der Waals surface area contributed by atoms with Crippen molar-refractivity contribution in [2.75, 3.05) is 7.11 Å². The van der Waals surface area contributed by atoms with Gasteiger partial charge >= 0.3 is 0 Å². The zero-order chi connectivity index (χ0) is 17.0. The molecule has 0 aliphatic heterocycles. The summed E-state index contributed by atoms with van der Waals surface area (Å²) in [5.41, 5.74) is 0.976. The Bertz CT molecular complexity index is 791. The minimum absolute atomic E-state index is 0.0893. The van der Waals surface area contributed by atoms with Crippen LogP contribution in [0.15, 0.2) is 30.5 Å². The molecule has 8 nitrogen and oxygen atoms in total. The van der Waals surface area contributed by atoms with Gasteiger partial charge in [-0.25, -0.2) is 0 Å². The van der Waals surface area contributed by atoms with Gasteiger partial charge in [-0.05, 0) is 19.1 Å². The fraction of sp³-hybridized carbons (Fsp3) is 0.200. The van der Waals surface area contributed by atoms with Crippen LogP contribution in [-0.2, 0) is 0 Å². The van der Waals surface area contributed by atoms with Crippen molar-refractivity contribution in [3.63, 3.8) is 0 Å². The van der Waals surface area contributed by atoms with Crippen molar-refractivity contribution in [1.29, 1.82) is 5.26 Å². The van der Waals surface area contributed by atoms with Gasteiger partial charge in [0.05, 0.1) is 23.6 Å². The Kier molecular flexibility index (Phi) is 4.61. The van der Waals surface area contributed by atoms with Crippen LogP contribution in [0.4, 0.5) is 5.69 Å². The van der Waals surface area contributed by atoms with Gasteiger partial charge in [0, 0.05) is 23.9 Å². The number of amides is 1. The normalized spacial score (nSPS) is 11.3.